The Balaban J connectivity index is 2.36. The van der Waals surface area contributed by atoms with Gasteiger partial charge in [0.2, 0.25) is 5.82 Å². The minimum absolute atomic E-state index is 0.108. The SMILES string of the molecule is Cc1ncn(Cc2ccc([N+](=O)[O-])c(F)c2)c(=O)c1I. The van der Waals surface area contributed by atoms with Crippen molar-refractivity contribution in [2.75, 3.05) is 0 Å². The van der Waals surface area contributed by atoms with Gasteiger partial charge in [0.25, 0.3) is 5.56 Å². The molecule has 0 aliphatic heterocycles. The predicted octanol–water partition coefficient (Wildman–Crippen LogP) is 2.25. The number of nitro groups is 1. The van der Waals surface area contributed by atoms with E-state index >= 15 is 0 Å². The topological polar surface area (TPSA) is 78.0 Å². The van der Waals surface area contributed by atoms with Gasteiger partial charge < -0.3 is 0 Å². The second-order valence-corrected chi connectivity index (χ2v) is 5.20. The van der Waals surface area contributed by atoms with E-state index in [9.17, 15) is 19.3 Å². The second-order valence-electron chi connectivity index (χ2n) is 4.12. The second kappa shape index (κ2) is 5.65. The molecule has 0 amide bonds. The number of nitro benzene ring substituents is 1. The molecule has 0 N–H and O–H groups in total. The largest absolute Gasteiger partial charge is 0.304 e. The average molecular weight is 389 g/mol. The highest BCUT2D eigenvalue weighted by atomic mass is 127. The normalized spacial score (nSPS) is 10.6. The highest BCUT2D eigenvalue weighted by Crippen LogP contribution is 2.18. The van der Waals surface area contributed by atoms with Crippen molar-refractivity contribution in [1.82, 2.24) is 9.55 Å². The Morgan fingerprint density at radius 2 is 2.20 bits per heavy atom. The van der Waals surface area contributed by atoms with E-state index in [1.54, 1.807) is 6.92 Å². The summed E-state index contributed by atoms with van der Waals surface area (Å²) >= 11 is 1.90. The van der Waals surface area contributed by atoms with Gasteiger partial charge >= 0.3 is 5.69 Å². The molecule has 0 aliphatic carbocycles. The highest BCUT2D eigenvalue weighted by Gasteiger charge is 2.14. The van der Waals surface area contributed by atoms with Crippen LogP contribution >= 0.6 is 22.6 Å². The number of aryl methyl sites for hydroxylation is 1. The first-order valence-electron chi connectivity index (χ1n) is 5.54. The summed E-state index contributed by atoms with van der Waals surface area (Å²) < 4.78 is 15.3. The summed E-state index contributed by atoms with van der Waals surface area (Å²) in [5.74, 6) is -0.921. The molecule has 0 spiro atoms. The Morgan fingerprint density at radius 1 is 1.50 bits per heavy atom. The van der Waals surface area contributed by atoms with Gasteiger partial charge in [-0.25, -0.2) is 4.98 Å². The summed E-state index contributed by atoms with van der Waals surface area (Å²) in [6.07, 6.45) is 1.37. The van der Waals surface area contributed by atoms with Gasteiger partial charge in [-0.3, -0.25) is 19.5 Å². The first kappa shape index (κ1) is 14.6. The molecule has 1 aromatic heterocycles. The van der Waals surface area contributed by atoms with E-state index in [1.807, 2.05) is 22.6 Å². The van der Waals surface area contributed by atoms with E-state index in [-0.39, 0.29) is 12.1 Å². The van der Waals surface area contributed by atoms with E-state index in [0.717, 1.165) is 12.1 Å². The fraction of sp³-hybridized carbons (Fsp3) is 0.167. The molecule has 6 nitrogen and oxygen atoms in total. The summed E-state index contributed by atoms with van der Waals surface area (Å²) in [6.45, 7) is 1.83. The fourth-order valence-electron chi connectivity index (χ4n) is 1.65. The van der Waals surface area contributed by atoms with Crippen molar-refractivity contribution in [3.05, 3.63) is 65.6 Å². The summed E-state index contributed by atoms with van der Waals surface area (Å²) in [6, 6.07) is 3.56. The lowest BCUT2D eigenvalue weighted by atomic mass is 10.2. The minimum Gasteiger partial charge on any atom is -0.294 e. The van der Waals surface area contributed by atoms with Crippen LogP contribution in [0.25, 0.3) is 0 Å². The van der Waals surface area contributed by atoms with Gasteiger partial charge in [0, 0.05) is 6.07 Å². The zero-order chi connectivity index (χ0) is 14.9. The van der Waals surface area contributed by atoms with Gasteiger partial charge in [-0.1, -0.05) is 6.07 Å². The van der Waals surface area contributed by atoms with Crippen LogP contribution in [-0.4, -0.2) is 14.5 Å². The molecule has 20 heavy (non-hydrogen) atoms. The first-order valence-corrected chi connectivity index (χ1v) is 6.62. The quantitative estimate of drug-likeness (QED) is 0.459. The third kappa shape index (κ3) is 2.84. The van der Waals surface area contributed by atoms with Crippen molar-refractivity contribution < 1.29 is 9.31 Å². The molecular formula is C12H9FIN3O3. The number of benzene rings is 1. The molecule has 0 saturated carbocycles. The van der Waals surface area contributed by atoms with Crippen LogP contribution in [0.1, 0.15) is 11.3 Å². The Labute approximate surface area is 126 Å². The molecular weight excluding hydrogens is 380 g/mol. The van der Waals surface area contributed by atoms with Gasteiger partial charge in [0.1, 0.15) is 0 Å². The lowest BCUT2D eigenvalue weighted by Crippen LogP contribution is -2.24. The van der Waals surface area contributed by atoms with Crippen molar-refractivity contribution in [2.24, 2.45) is 0 Å². The van der Waals surface area contributed by atoms with Crippen LogP contribution in [0.5, 0.6) is 0 Å². The summed E-state index contributed by atoms with van der Waals surface area (Å²) in [5.41, 5.74) is 0.271. The number of halogens is 2. The Bertz CT molecular complexity index is 745. The first-order chi connectivity index (χ1) is 9.40. The van der Waals surface area contributed by atoms with Crippen LogP contribution < -0.4 is 5.56 Å². The third-order valence-electron chi connectivity index (χ3n) is 2.72. The van der Waals surface area contributed by atoms with E-state index < -0.39 is 16.4 Å². The van der Waals surface area contributed by atoms with Gasteiger partial charge in [-0.2, -0.15) is 4.39 Å². The van der Waals surface area contributed by atoms with E-state index in [2.05, 4.69) is 4.98 Å². The maximum absolute atomic E-state index is 13.5. The fourth-order valence-corrected chi connectivity index (χ4v) is 2.10. The minimum atomic E-state index is -0.921. The standard InChI is InChI=1S/C12H9FIN3O3/c1-7-11(14)12(18)16(6-15-7)5-8-2-3-10(17(19)20)9(13)4-8/h2-4,6H,5H2,1H3. The zero-order valence-corrected chi connectivity index (χ0v) is 12.5. The van der Waals surface area contributed by atoms with Crippen molar-refractivity contribution in [3.8, 4) is 0 Å². The molecule has 2 rings (SSSR count). The molecule has 0 bridgehead atoms. The van der Waals surface area contributed by atoms with Gasteiger partial charge in [-0.05, 0) is 41.1 Å². The van der Waals surface area contributed by atoms with Crippen molar-refractivity contribution >= 4 is 28.3 Å². The van der Waals surface area contributed by atoms with Crippen molar-refractivity contribution in [2.45, 2.75) is 13.5 Å². The molecule has 104 valence electrons. The van der Waals surface area contributed by atoms with Crippen LogP contribution in [-0.2, 0) is 6.54 Å². The number of hydrogen-bond acceptors (Lipinski definition) is 4. The Kier molecular flexibility index (Phi) is 4.12. The van der Waals surface area contributed by atoms with Crippen LogP contribution in [0.15, 0.2) is 29.3 Å². The Hall–Kier alpha value is -1.84. The number of nitrogens with zero attached hydrogens (tertiary/aromatic N) is 3. The molecule has 0 atom stereocenters. The highest BCUT2D eigenvalue weighted by molar-refractivity contribution is 14.1. The molecule has 0 saturated heterocycles. The molecule has 0 fully saturated rings. The van der Waals surface area contributed by atoms with Crippen molar-refractivity contribution in [3.63, 3.8) is 0 Å². The molecule has 0 aliphatic rings. The van der Waals surface area contributed by atoms with Crippen LogP contribution in [0.2, 0.25) is 0 Å². The third-order valence-corrected chi connectivity index (χ3v) is 3.96. The monoisotopic (exact) mass is 389 g/mol. The van der Waals surface area contributed by atoms with Gasteiger partial charge in [-0.15, -0.1) is 0 Å². The molecule has 1 aromatic carbocycles. The molecule has 2 aromatic rings. The van der Waals surface area contributed by atoms with Crippen LogP contribution in [0.4, 0.5) is 10.1 Å². The number of aromatic nitrogens is 2. The van der Waals surface area contributed by atoms with Gasteiger partial charge in [0.15, 0.2) is 0 Å². The number of hydrogen-bond donors (Lipinski definition) is 0. The Morgan fingerprint density at radius 3 is 2.80 bits per heavy atom. The molecule has 1 heterocycles. The van der Waals surface area contributed by atoms with E-state index in [4.69, 9.17) is 0 Å². The lowest BCUT2D eigenvalue weighted by Gasteiger charge is -2.07. The maximum Gasteiger partial charge on any atom is 0.304 e. The van der Waals surface area contributed by atoms with Gasteiger partial charge in [0.05, 0.1) is 27.1 Å². The van der Waals surface area contributed by atoms with E-state index in [1.165, 1.54) is 17.0 Å². The summed E-state index contributed by atoms with van der Waals surface area (Å²) in [7, 11) is 0. The average Bonchev–Trinajstić information content (AvgIpc) is 2.39. The lowest BCUT2D eigenvalue weighted by molar-refractivity contribution is -0.387. The molecule has 0 radical (unpaired) electrons. The molecule has 0 unspecified atom stereocenters. The smallest absolute Gasteiger partial charge is 0.294 e. The van der Waals surface area contributed by atoms with E-state index in [0.29, 0.717) is 14.8 Å². The maximum atomic E-state index is 13.5. The molecule has 8 heteroatoms. The predicted molar refractivity (Wildman–Crippen MR) is 78.1 cm³/mol. The zero-order valence-electron chi connectivity index (χ0n) is 10.3. The van der Waals surface area contributed by atoms with Crippen LogP contribution in [0, 0.1) is 26.4 Å². The summed E-state index contributed by atoms with van der Waals surface area (Å²) in [4.78, 5) is 25.8. The number of rotatable bonds is 3. The van der Waals surface area contributed by atoms with Crippen LogP contribution in [0.3, 0.4) is 0 Å². The van der Waals surface area contributed by atoms with Crippen molar-refractivity contribution in [1.29, 1.82) is 0 Å². The summed E-state index contributed by atoms with van der Waals surface area (Å²) in [5, 5.41) is 10.5.